The summed E-state index contributed by atoms with van der Waals surface area (Å²) in [4.78, 5) is 23.7. The second kappa shape index (κ2) is 8.58. The van der Waals surface area contributed by atoms with Gasteiger partial charge >= 0.3 is 0 Å². The second-order valence-electron chi connectivity index (χ2n) is 5.61. The number of amides is 2. The Morgan fingerprint density at radius 3 is 2.41 bits per heavy atom. The molecule has 0 fully saturated rings. The number of nitrogens with one attached hydrogen (secondary N) is 3. The molecular weight excluding hydrogens is 380 g/mol. The lowest BCUT2D eigenvalue weighted by Crippen LogP contribution is -2.37. The average molecular weight is 397 g/mol. The summed E-state index contributed by atoms with van der Waals surface area (Å²) in [6.45, 7) is -0.421. The van der Waals surface area contributed by atoms with Crippen LogP contribution in [0.5, 0.6) is 0 Å². The summed E-state index contributed by atoms with van der Waals surface area (Å²) in [5.74, 6) is -3.28. The number of benzene rings is 2. The molecule has 0 unspecified atom stereocenters. The van der Waals surface area contributed by atoms with Gasteiger partial charge in [0.2, 0.25) is 15.9 Å². The summed E-state index contributed by atoms with van der Waals surface area (Å²) in [7, 11) is -3.48. The highest BCUT2D eigenvalue weighted by molar-refractivity contribution is 7.92. The molecule has 2 aromatic carbocycles. The molecule has 0 aliphatic heterocycles. The van der Waals surface area contributed by atoms with Crippen LogP contribution >= 0.6 is 0 Å². The first-order valence-corrected chi connectivity index (χ1v) is 9.60. The van der Waals surface area contributed by atoms with Gasteiger partial charge in [-0.05, 0) is 23.8 Å². The van der Waals surface area contributed by atoms with Crippen molar-refractivity contribution < 1.29 is 26.8 Å². The van der Waals surface area contributed by atoms with Gasteiger partial charge in [0.05, 0.1) is 24.1 Å². The quantitative estimate of drug-likeness (QED) is 0.657. The molecule has 0 heterocycles. The van der Waals surface area contributed by atoms with E-state index >= 15 is 0 Å². The van der Waals surface area contributed by atoms with Crippen LogP contribution in [0.4, 0.5) is 14.5 Å². The third kappa shape index (κ3) is 6.33. The maximum atomic E-state index is 13.5. The SMILES string of the molecule is CS(=O)(=O)Nc1ccccc1CNC(=O)CNC(=O)c1ccc(F)cc1F. The fourth-order valence-electron chi connectivity index (χ4n) is 2.16. The zero-order valence-electron chi connectivity index (χ0n) is 14.3. The van der Waals surface area contributed by atoms with Gasteiger partial charge in [-0.2, -0.15) is 0 Å². The van der Waals surface area contributed by atoms with Gasteiger partial charge in [0.25, 0.3) is 5.91 Å². The minimum absolute atomic E-state index is 0.0122. The summed E-state index contributed by atoms with van der Waals surface area (Å²) in [6.07, 6.45) is 1.01. The van der Waals surface area contributed by atoms with Crippen molar-refractivity contribution in [3.05, 3.63) is 65.2 Å². The molecule has 2 amide bonds. The third-order valence-corrected chi connectivity index (χ3v) is 3.96. The Kier molecular flexibility index (Phi) is 6.45. The largest absolute Gasteiger partial charge is 0.350 e. The zero-order chi connectivity index (χ0) is 20.0. The van der Waals surface area contributed by atoms with E-state index < -0.39 is 40.0 Å². The lowest BCUT2D eigenvalue weighted by molar-refractivity contribution is -0.120. The Labute approximate surface area is 154 Å². The molecule has 0 aliphatic rings. The maximum absolute atomic E-state index is 13.5. The lowest BCUT2D eigenvalue weighted by Gasteiger charge is -2.12. The first-order valence-electron chi connectivity index (χ1n) is 7.71. The van der Waals surface area contributed by atoms with Crippen molar-refractivity contribution in [2.24, 2.45) is 0 Å². The lowest BCUT2D eigenvalue weighted by atomic mass is 10.2. The molecule has 0 saturated carbocycles. The summed E-state index contributed by atoms with van der Waals surface area (Å²) >= 11 is 0. The van der Waals surface area contributed by atoms with Crippen LogP contribution in [0, 0.1) is 11.6 Å². The molecule has 0 bridgehead atoms. The Hall–Kier alpha value is -3.01. The number of rotatable bonds is 7. The summed E-state index contributed by atoms with van der Waals surface area (Å²) in [5.41, 5.74) is 0.455. The number of hydrogen-bond donors (Lipinski definition) is 3. The van der Waals surface area contributed by atoms with E-state index in [9.17, 15) is 26.8 Å². The van der Waals surface area contributed by atoms with E-state index in [1.165, 1.54) is 0 Å². The first kappa shape index (κ1) is 20.3. The topological polar surface area (TPSA) is 104 Å². The number of halogens is 2. The van der Waals surface area contributed by atoms with Crippen LogP contribution in [0.2, 0.25) is 0 Å². The highest BCUT2D eigenvalue weighted by atomic mass is 32.2. The molecule has 2 rings (SSSR count). The molecular formula is C17H17F2N3O4S. The molecule has 0 aromatic heterocycles. The smallest absolute Gasteiger partial charge is 0.254 e. The van der Waals surface area contributed by atoms with E-state index in [2.05, 4.69) is 15.4 Å². The maximum Gasteiger partial charge on any atom is 0.254 e. The predicted molar refractivity (Wildman–Crippen MR) is 95.4 cm³/mol. The van der Waals surface area contributed by atoms with Crippen molar-refractivity contribution in [2.75, 3.05) is 17.5 Å². The Morgan fingerprint density at radius 1 is 1.04 bits per heavy atom. The molecule has 0 saturated heterocycles. The fraction of sp³-hybridized carbons (Fsp3) is 0.176. The minimum atomic E-state index is -3.48. The van der Waals surface area contributed by atoms with E-state index in [4.69, 9.17) is 0 Å². The van der Waals surface area contributed by atoms with E-state index in [-0.39, 0.29) is 12.1 Å². The van der Waals surface area contributed by atoms with E-state index in [0.717, 1.165) is 18.4 Å². The molecule has 0 atom stereocenters. The summed E-state index contributed by atoms with van der Waals surface area (Å²) in [6, 6.07) is 8.96. The highest BCUT2D eigenvalue weighted by Crippen LogP contribution is 2.15. The Balaban J connectivity index is 1.91. The van der Waals surface area contributed by atoms with Gasteiger partial charge in [0.1, 0.15) is 11.6 Å². The van der Waals surface area contributed by atoms with Crippen molar-refractivity contribution in [2.45, 2.75) is 6.54 Å². The Morgan fingerprint density at radius 2 is 1.74 bits per heavy atom. The van der Waals surface area contributed by atoms with Crippen LogP contribution in [0.15, 0.2) is 42.5 Å². The fourth-order valence-corrected chi connectivity index (χ4v) is 2.76. The number of carbonyl (C=O) groups is 2. The van der Waals surface area contributed by atoms with E-state index in [0.29, 0.717) is 17.3 Å². The minimum Gasteiger partial charge on any atom is -0.350 e. The number of para-hydroxylation sites is 1. The molecule has 0 aliphatic carbocycles. The second-order valence-corrected chi connectivity index (χ2v) is 7.36. The number of hydrogen-bond acceptors (Lipinski definition) is 4. The Bertz CT molecular complexity index is 964. The van der Waals surface area contributed by atoms with Crippen molar-refractivity contribution in [3.8, 4) is 0 Å². The zero-order valence-corrected chi connectivity index (χ0v) is 15.1. The van der Waals surface area contributed by atoms with Crippen molar-refractivity contribution in [3.63, 3.8) is 0 Å². The van der Waals surface area contributed by atoms with Gasteiger partial charge in [-0.15, -0.1) is 0 Å². The number of sulfonamides is 1. The molecule has 2 aromatic rings. The van der Waals surface area contributed by atoms with E-state index in [1.54, 1.807) is 24.3 Å². The number of anilines is 1. The highest BCUT2D eigenvalue weighted by Gasteiger charge is 2.14. The van der Waals surface area contributed by atoms with Crippen LogP contribution in [0.1, 0.15) is 15.9 Å². The van der Waals surface area contributed by atoms with Crippen molar-refractivity contribution in [1.29, 1.82) is 0 Å². The van der Waals surface area contributed by atoms with Gasteiger partial charge < -0.3 is 10.6 Å². The van der Waals surface area contributed by atoms with Crippen LogP contribution in [-0.4, -0.2) is 33.0 Å². The normalized spacial score (nSPS) is 10.9. The first-order chi connectivity index (χ1) is 12.7. The van der Waals surface area contributed by atoms with Crippen LogP contribution in [0.3, 0.4) is 0 Å². The third-order valence-electron chi connectivity index (χ3n) is 3.37. The van der Waals surface area contributed by atoms with Gasteiger partial charge in [-0.1, -0.05) is 18.2 Å². The monoisotopic (exact) mass is 397 g/mol. The van der Waals surface area contributed by atoms with Crippen LogP contribution in [0.25, 0.3) is 0 Å². The average Bonchev–Trinajstić information content (AvgIpc) is 2.57. The molecule has 10 heteroatoms. The van der Waals surface area contributed by atoms with E-state index in [1.807, 2.05) is 0 Å². The van der Waals surface area contributed by atoms with Crippen molar-refractivity contribution >= 4 is 27.5 Å². The molecule has 0 spiro atoms. The van der Waals surface area contributed by atoms with Gasteiger partial charge in [0, 0.05) is 12.6 Å². The molecule has 27 heavy (non-hydrogen) atoms. The standard InChI is InChI=1S/C17H17F2N3O4S/c1-27(25,26)22-15-5-3-2-4-11(15)9-20-16(23)10-21-17(24)13-7-6-12(18)8-14(13)19/h2-8,22H,9-10H2,1H3,(H,20,23)(H,21,24). The molecule has 0 radical (unpaired) electrons. The summed E-state index contributed by atoms with van der Waals surface area (Å²) < 4.78 is 51.4. The van der Waals surface area contributed by atoms with Gasteiger partial charge in [0.15, 0.2) is 0 Å². The van der Waals surface area contributed by atoms with Gasteiger partial charge in [-0.3, -0.25) is 14.3 Å². The molecule has 144 valence electrons. The molecule has 7 nitrogen and oxygen atoms in total. The molecule has 3 N–H and O–H groups in total. The predicted octanol–water partition coefficient (Wildman–Crippen LogP) is 1.38. The van der Waals surface area contributed by atoms with Crippen LogP contribution in [-0.2, 0) is 21.4 Å². The number of carbonyl (C=O) groups excluding carboxylic acids is 2. The van der Waals surface area contributed by atoms with Gasteiger partial charge in [-0.25, -0.2) is 17.2 Å². The van der Waals surface area contributed by atoms with Crippen molar-refractivity contribution in [1.82, 2.24) is 10.6 Å². The summed E-state index contributed by atoms with van der Waals surface area (Å²) in [5, 5.41) is 4.74. The van der Waals surface area contributed by atoms with Crippen LogP contribution < -0.4 is 15.4 Å².